The van der Waals surface area contributed by atoms with E-state index in [1.807, 2.05) is 18.2 Å². The smallest absolute Gasteiger partial charge is 0.230 e. The summed E-state index contributed by atoms with van der Waals surface area (Å²) in [4.78, 5) is 12.8. The number of rotatable bonds is 3. The van der Waals surface area contributed by atoms with Crippen molar-refractivity contribution in [2.45, 2.75) is 56.5 Å². The Morgan fingerprint density at radius 1 is 1.30 bits per heavy atom. The van der Waals surface area contributed by atoms with Crippen molar-refractivity contribution in [1.82, 2.24) is 10.6 Å². The predicted octanol–water partition coefficient (Wildman–Crippen LogP) is 2.36. The van der Waals surface area contributed by atoms with Crippen molar-refractivity contribution in [3.63, 3.8) is 0 Å². The highest BCUT2D eigenvalue weighted by Gasteiger charge is 2.46. The predicted molar refractivity (Wildman–Crippen MR) is 80.6 cm³/mol. The number of benzene rings is 1. The van der Waals surface area contributed by atoms with E-state index in [0.29, 0.717) is 12.1 Å². The first-order valence-electron chi connectivity index (χ1n) is 7.80. The van der Waals surface area contributed by atoms with E-state index in [-0.39, 0.29) is 11.3 Å². The fourth-order valence-corrected chi connectivity index (χ4v) is 3.52. The molecular formula is C17H24N2O. The van der Waals surface area contributed by atoms with Crippen LogP contribution in [0.5, 0.6) is 0 Å². The van der Waals surface area contributed by atoms with E-state index in [2.05, 4.69) is 29.7 Å². The van der Waals surface area contributed by atoms with Crippen LogP contribution in [0.15, 0.2) is 30.3 Å². The minimum absolute atomic E-state index is 0.244. The molecule has 0 spiro atoms. The number of hydrogen-bond donors (Lipinski definition) is 2. The first-order chi connectivity index (χ1) is 9.71. The fraction of sp³-hybridized carbons (Fsp3) is 0.588. The Kier molecular flexibility index (Phi) is 3.79. The standard InChI is InChI=1S/C17H24N2O/c1-13-12-15(8-11-18-13)19-16(20)17(9-5-10-17)14-6-3-2-4-7-14/h2-4,6-7,13,15,18H,5,8-12H2,1H3,(H,19,20). The van der Waals surface area contributed by atoms with Crippen LogP contribution in [0.2, 0.25) is 0 Å². The highest BCUT2D eigenvalue weighted by Crippen LogP contribution is 2.44. The molecule has 2 fully saturated rings. The first-order valence-corrected chi connectivity index (χ1v) is 7.80. The summed E-state index contributed by atoms with van der Waals surface area (Å²) in [6.07, 6.45) is 5.22. The van der Waals surface area contributed by atoms with Crippen molar-refractivity contribution in [3.8, 4) is 0 Å². The number of carbonyl (C=O) groups is 1. The molecule has 2 N–H and O–H groups in total. The van der Waals surface area contributed by atoms with Crippen molar-refractivity contribution >= 4 is 5.91 Å². The Hall–Kier alpha value is -1.35. The maximum absolute atomic E-state index is 12.8. The second-order valence-corrected chi connectivity index (χ2v) is 6.35. The maximum Gasteiger partial charge on any atom is 0.230 e. The SMILES string of the molecule is CC1CC(NC(=O)C2(c3ccccc3)CCC2)CCN1. The lowest BCUT2D eigenvalue weighted by Gasteiger charge is -2.42. The summed E-state index contributed by atoms with van der Waals surface area (Å²) in [5.74, 6) is 0.244. The van der Waals surface area contributed by atoms with Gasteiger partial charge in [0.05, 0.1) is 5.41 Å². The highest BCUT2D eigenvalue weighted by molar-refractivity contribution is 5.89. The lowest BCUT2D eigenvalue weighted by molar-refractivity contribution is -0.130. The number of piperidine rings is 1. The van der Waals surface area contributed by atoms with Gasteiger partial charge in [-0.2, -0.15) is 0 Å². The molecule has 3 nitrogen and oxygen atoms in total. The molecule has 0 aromatic heterocycles. The fourth-order valence-electron chi connectivity index (χ4n) is 3.52. The summed E-state index contributed by atoms with van der Waals surface area (Å²) in [5.41, 5.74) is 0.931. The van der Waals surface area contributed by atoms with Crippen LogP contribution in [0.25, 0.3) is 0 Å². The van der Waals surface area contributed by atoms with Crippen LogP contribution in [0.4, 0.5) is 0 Å². The summed E-state index contributed by atoms with van der Waals surface area (Å²) in [7, 11) is 0. The van der Waals surface area contributed by atoms with Gasteiger partial charge >= 0.3 is 0 Å². The summed E-state index contributed by atoms with van der Waals surface area (Å²) < 4.78 is 0. The van der Waals surface area contributed by atoms with Crippen LogP contribution in [0.3, 0.4) is 0 Å². The molecule has 3 heteroatoms. The van der Waals surface area contributed by atoms with Gasteiger partial charge in [0.25, 0.3) is 0 Å². The van der Waals surface area contributed by atoms with E-state index < -0.39 is 0 Å². The Labute approximate surface area is 121 Å². The minimum Gasteiger partial charge on any atom is -0.352 e. The molecule has 108 valence electrons. The molecule has 1 aliphatic carbocycles. The molecule has 0 bridgehead atoms. The third-order valence-corrected chi connectivity index (χ3v) is 4.93. The third-order valence-electron chi connectivity index (χ3n) is 4.93. The third kappa shape index (κ3) is 2.47. The number of carbonyl (C=O) groups excluding carboxylic acids is 1. The van der Waals surface area contributed by atoms with E-state index in [9.17, 15) is 4.79 Å². The van der Waals surface area contributed by atoms with Gasteiger partial charge in [-0.1, -0.05) is 36.8 Å². The van der Waals surface area contributed by atoms with Gasteiger partial charge < -0.3 is 10.6 Å². The molecule has 0 radical (unpaired) electrons. The van der Waals surface area contributed by atoms with Gasteiger partial charge in [-0.05, 0) is 44.7 Å². The molecule has 2 unspecified atom stereocenters. The summed E-state index contributed by atoms with van der Waals surface area (Å²) in [6, 6.07) is 11.1. The zero-order chi connectivity index (χ0) is 14.0. The second kappa shape index (κ2) is 5.57. The molecule has 2 aliphatic rings. The molecule has 1 aromatic carbocycles. The second-order valence-electron chi connectivity index (χ2n) is 6.35. The lowest BCUT2D eigenvalue weighted by Crippen LogP contribution is -2.54. The number of amides is 1. The average molecular weight is 272 g/mol. The van der Waals surface area contributed by atoms with Gasteiger partial charge in [0.15, 0.2) is 0 Å². The molecule has 2 atom stereocenters. The van der Waals surface area contributed by atoms with Crippen LogP contribution in [-0.2, 0) is 10.2 Å². The van der Waals surface area contributed by atoms with Crippen molar-refractivity contribution in [2.24, 2.45) is 0 Å². The van der Waals surface area contributed by atoms with E-state index in [4.69, 9.17) is 0 Å². The summed E-state index contributed by atoms with van der Waals surface area (Å²) in [6.45, 7) is 3.19. The Bertz CT molecular complexity index is 467. The van der Waals surface area contributed by atoms with Crippen LogP contribution >= 0.6 is 0 Å². The molecule has 1 saturated heterocycles. The molecule has 1 heterocycles. The van der Waals surface area contributed by atoms with Crippen molar-refractivity contribution in [1.29, 1.82) is 0 Å². The van der Waals surface area contributed by atoms with E-state index >= 15 is 0 Å². The zero-order valence-corrected chi connectivity index (χ0v) is 12.2. The van der Waals surface area contributed by atoms with Gasteiger partial charge in [0, 0.05) is 12.1 Å². The van der Waals surface area contributed by atoms with Gasteiger partial charge in [0.1, 0.15) is 0 Å². The lowest BCUT2D eigenvalue weighted by atomic mass is 9.63. The molecule has 3 rings (SSSR count). The monoisotopic (exact) mass is 272 g/mol. The molecule has 1 saturated carbocycles. The summed E-state index contributed by atoms with van der Waals surface area (Å²) in [5, 5.41) is 6.74. The number of hydrogen-bond acceptors (Lipinski definition) is 2. The van der Waals surface area contributed by atoms with Gasteiger partial charge in [0.2, 0.25) is 5.91 Å². The zero-order valence-electron chi connectivity index (χ0n) is 12.2. The average Bonchev–Trinajstić information content (AvgIpc) is 2.38. The maximum atomic E-state index is 12.8. The van der Waals surface area contributed by atoms with Crippen molar-refractivity contribution < 1.29 is 4.79 Å². The molecule has 20 heavy (non-hydrogen) atoms. The molecule has 1 aliphatic heterocycles. The normalized spacial score (nSPS) is 28.4. The van der Waals surface area contributed by atoms with Gasteiger partial charge in [-0.25, -0.2) is 0 Å². The Morgan fingerprint density at radius 2 is 2.05 bits per heavy atom. The molecule has 1 aromatic rings. The van der Waals surface area contributed by atoms with Crippen LogP contribution < -0.4 is 10.6 Å². The van der Waals surface area contributed by atoms with Crippen LogP contribution in [-0.4, -0.2) is 24.5 Å². The Balaban J connectivity index is 1.71. The molecular weight excluding hydrogens is 248 g/mol. The largest absolute Gasteiger partial charge is 0.352 e. The van der Waals surface area contributed by atoms with Crippen LogP contribution in [0, 0.1) is 0 Å². The van der Waals surface area contributed by atoms with Gasteiger partial charge in [-0.3, -0.25) is 4.79 Å². The summed E-state index contributed by atoms with van der Waals surface area (Å²) >= 11 is 0. The van der Waals surface area contributed by atoms with E-state index in [1.54, 1.807) is 0 Å². The van der Waals surface area contributed by atoms with Crippen molar-refractivity contribution in [3.05, 3.63) is 35.9 Å². The van der Waals surface area contributed by atoms with E-state index in [0.717, 1.165) is 38.6 Å². The quantitative estimate of drug-likeness (QED) is 0.887. The van der Waals surface area contributed by atoms with Crippen LogP contribution in [0.1, 0.15) is 44.6 Å². The molecule has 1 amide bonds. The highest BCUT2D eigenvalue weighted by atomic mass is 16.2. The minimum atomic E-state index is -0.255. The topological polar surface area (TPSA) is 41.1 Å². The van der Waals surface area contributed by atoms with E-state index in [1.165, 1.54) is 5.56 Å². The van der Waals surface area contributed by atoms with Crippen molar-refractivity contribution in [2.75, 3.05) is 6.54 Å². The first kappa shape index (κ1) is 13.6. The Morgan fingerprint density at radius 3 is 2.65 bits per heavy atom. The van der Waals surface area contributed by atoms with Gasteiger partial charge in [-0.15, -0.1) is 0 Å². The number of nitrogens with one attached hydrogen (secondary N) is 2.